The van der Waals surface area contributed by atoms with Crippen LogP contribution in [0.3, 0.4) is 0 Å². The summed E-state index contributed by atoms with van der Waals surface area (Å²) in [7, 11) is 0. The van der Waals surface area contributed by atoms with Crippen LogP contribution in [0.15, 0.2) is 29.1 Å². The zero-order valence-electron chi connectivity index (χ0n) is 12.4. The van der Waals surface area contributed by atoms with Crippen molar-refractivity contribution in [2.75, 3.05) is 6.54 Å². The van der Waals surface area contributed by atoms with E-state index < -0.39 is 12.1 Å². The van der Waals surface area contributed by atoms with Crippen molar-refractivity contribution in [1.29, 1.82) is 0 Å². The predicted octanol–water partition coefficient (Wildman–Crippen LogP) is 0.533. The first kappa shape index (κ1) is 15.7. The van der Waals surface area contributed by atoms with Gasteiger partial charge in [0.25, 0.3) is 11.5 Å². The summed E-state index contributed by atoms with van der Waals surface area (Å²) in [6.45, 7) is 3.75. The van der Waals surface area contributed by atoms with E-state index in [0.29, 0.717) is 23.0 Å². The normalized spacial score (nSPS) is 11.9. The van der Waals surface area contributed by atoms with Crippen LogP contribution in [0.5, 0.6) is 0 Å². The third kappa shape index (κ3) is 3.49. The lowest BCUT2D eigenvalue weighted by molar-refractivity contribution is -0.154. The molecule has 1 heterocycles. The molecule has 2 aromatic rings. The fourth-order valence-corrected chi connectivity index (χ4v) is 2.05. The SMILES string of the molecule is CCNC(=O)[C@@H](C)OC(=O)Cc1n[nH]c(=O)c2ccccc12. The van der Waals surface area contributed by atoms with Gasteiger partial charge in [0.05, 0.1) is 17.5 Å². The number of likely N-dealkylation sites (N-methyl/N-ethyl adjacent to an activating group) is 1. The minimum atomic E-state index is -0.874. The van der Waals surface area contributed by atoms with Gasteiger partial charge in [-0.05, 0) is 19.9 Å². The van der Waals surface area contributed by atoms with E-state index in [0.717, 1.165) is 0 Å². The molecule has 1 aromatic heterocycles. The van der Waals surface area contributed by atoms with E-state index in [-0.39, 0.29) is 17.9 Å². The maximum Gasteiger partial charge on any atom is 0.312 e. The lowest BCUT2D eigenvalue weighted by Crippen LogP contribution is -2.36. The van der Waals surface area contributed by atoms with Crippen LogP contribution in [0.25, 0.3) is 10.8 Å². The van der Waals surface area contributed by atoms with E-state index >= 15 is 0 Å². The number of nitrogens with one attached hydrogen (secondary N) is 2. The van der Waals surface area contributed by atoms with E-state index in [9.17, 15) is 14.4 Å². The number of hydrogen-bond acceptors (Lipinski definition) is 5. The van der Waals surface area contributed by atoms with Crippen molar-refractivity contribution in [2.24, 2.45) is 0 Å². The number of aromatic nitrogens is 2. The zero-order valence-corrected chi connectivity index (χ0v) is 12.4. The molecule has 0 fully saturated rings. The highest BCUT2D eigenvalue weighted by Crippen LogP contribution is 2.13. The van der Waals surface area contributed by atoms with Crippen LogP contribution in [-0.4, -0.2) is 34.7 Å². The molecule has 7 heteroatoms. The molecule has 0 aliphatic rings. The number of nitrogens with zero attached hydrogens (tertiary/aromatic N) is 1. The summed E-state index contributed by atoms with van der Waals surface area (Å²) in [6.07, 6.45) is -0.998. The Bertz CT molecular complexity index is 754. The van der Waals surface area contributed by atoms with Gasteiger partial charge in [-0.3, -0.25) is 14.4 Å². The van der Waals surface area contributed by atoms with Gasteiger partial charge in [-0.1, -0.05) is 18.2 Å². The van der Waals surface area contributed by atoms with E-state index in [1.54, 1.807) is 31.2 Å². The number of benzene rings is 1. The maximum atomic E-state index is 11.9. The summed E-state index contributed by atoms with van der Waals surface area (Å²) in [5.41, 5.74) is 0.0895. The number of carbonyl (C=O) groups excluding carboxylic acids is 2. The molecule has 1 atom stereocenters. The summed E-state index contributed by atoms with van der Waals surface area (Å²) in [5.74, 6) is -0.932. The van der Waals surface area contributed by atoms with Gasteiger partial charge in [-0.2, -0.15) is 5.10 Å². The molecule has 0 spiro atoms. The van der Waals surface area contributed by atoms with Crippen LogP contribution in [0, 0.1) is 0 Å². The van der Waals surface area contributed by atoms with Gasteiger partial charge in [-0.25, -0.2) is 5.10 Å². The summed E-state index contributed by atoms with van der Waals surface area (Å²) in [5, 5.41) is 9.87. The first-order valence-corrected chi connectivity index (χ1v) is 6.96. The van der Waals surface area contributed by atoms with Crippen LogP contribution < -0.4 is 10.9 Å². The molecule has 1 amide bonds. The molecule has 2 rings (SSSR count). The van der Waals surface area contributed by atoms with Crippen LogP contribution >= 0.6 is 0 Å². The molecule has 0 saturated heterocycles. The second-order valence-electron chi connectivity index (χ2n) is 4.75. The Hall–Kier alpha value is -2.70. The highest BCUT2D eigenvalue weighted by atomic mass is 16.5. The average molecular weight is 303 g/mol. The zero-order chi connectivity index (χ0) is 16.1. The minimum Gasteiger partial charge on any atom is -0.452 e. The smallest absolute Gasteiger partial charge is 0.312 e. The number of esters is 1. The third-order valence-electron chi connectivity index (χ3n) is 3.12. The van der Waals surface area contributed by atoms with Gasteiger partial charge in [-0.15, -0.1) is 0 Å². The average Bonchev–Trinajstić information content (AvgIpc) is 2.50. The highest BCUT2D eigenvalue weighted by Gasteiger charge is 2.18. The van der Waals surface area contributed by atoms with Gasteiger partial charge < -0.3 is 10.1 Å². The number of ether oxygens (including phenoxy) is 1. The fourth-order valence-electron chi connectivity index (χ4n) is 2.05. The first-order chi connectivity index (χ1) is 10.5. The molecule has 22 heavy (non-hydrogen) atoms. The number of carbonyl (C=O) groups is 2. The van der Waals surface area contributed by atoms with Crippen molar-refractivity contribution in [3.05, 3.63) is 40.3 Å². The van der Waals surface area contributed by atoms with Gasteiger partial charge >= 0.3 is 5.97 Å². The van der Waals surface area contributed by atoms with Gasteiger partial charge in [0, 0.05) is 11.9 Å². The van der Waals surface area contributed by atoms with E-state index in [1.165, 1.54) is 6.92 Å². The number of fused-ring (bicyclic) bond motifs is 1. The van der Waals surface area contributed by atoms with Gasteiger partial charge in [0.1, 0.15) is 0 Å². The van der Waals surface area contributed by atoms with Crippen molar-refractivity contribution in [3.63, 3.8) is 0 Å². The second-order valence-corrected chi connectivity index (χ2v) is 4.75. The highest BCUT2D eigenvalue weighted by molar-refractivity contribution is 5.88. The number of rotatable bonds is 5. The topological polar surface area (TPSA) is 101 Å². The summed E-state index contributed by atoms with van der Waals surface area (Å²) >= 11 is 0. The Morgan fingerprint density at radius 2 is 2.00 bits per heavy atom. The van der Waals surface area contributed by atoms with Crippen molar-refractivity contribution in [2.45, 2.75) is 26.4 Å². The molecular weight excluding hydrogens is 286 g/mol. The monoisotopic (exact) mass is 303 g/mol. The van der Waals surface area contributed by atoms with Crippen molar-refractivity contribution < 1.29 is 14.3 Å². The quantitative estimate of drug-likeness (QED) is 0.785. The molecule has 0 bridgehead atoms. The van der Waals surface area contributed by atoms with Crippen LogP contribution in [0.2, 0.25) is 0 Å². The Kier molecular flexibility index (Phi) is 4.88. The molecule has 0 radical (unpaired) electrons. The molecule has 1 aromatic carbocycles. The second kappa shape index (κ2) is 6.84. The lowest BCUT2D eigenvalue weighted by Gasteiger charge is -2.12. The predicted molar refractivity (Wildman–Crippen MR) is 80.3 cm³/mol. The van der Waals surface area contributed by atoms with Crippen molar-refractivity contribution in [3.8, 4) is 0 Å². The minimum absolute atomic E-state index is 0.124. The summed E-state index contributed by atoms with van der Waals surface area (Å²) in [6, 6.07) is 6.86. The molecule has 2 N–H and O–H groups in total. The van der Waals surface area contributed by atoms with Crippen LogP contribution in [-0.2, 0) is 20.7 Å². The van der Waals surface area contributed by atoms with Crippen LogP contribution in [0.1, 0.15) is 19.5 Å². The summed E-state index contributed by atoms with van der Waals surface area (Å²) in [4.78, 5) is 35.1. The molecule has 0 saturated carbocycles. The molecule has 0 unspecified atom stereocenters. The lowest BCUT2D eigenvalue weighted by atomic mass is 10.1. The molecular formula is C15H17N3O4. The maximum absolute atomic E-state index is 11.9. The van der Waals surface area contributed by atoms with Gasteiger partial charge in [0.15, 0.2) is 6.10 Å². The molecule has 7 nitrogen and oxygen atoms in total. The Labute approximate surface area is 126 Å². The van der Waals surface area contributed by atoms with Crippen molar-refractivity contribution >= 4 is 22.6 Å². The number of amides is 1. The Morgan fingerprint density at radius 1 is 1.32 bits per heavy atom. The Morgan fingerprint density at radius 3 is 2.68 bits per heavy atom. The van der Waals surface area contributed by atoms with E-state index in [2.05, 4.69) is 15.5 Å². The van der Waals surface area contributed by atoms with Gasteiger partial charge in [0.2, 0.25) is 0 Å². The largest absolute Gasteiger partial charge is 0.452 e. The van der Waals surface area contributed by atoms with E-state index in [4.69, 9.17) is 4.74 Å². The summed E-state index contributed by atoms with van der Waals surface area (Å²) < 4.78 is 5.06. The van der Waals surface area contributed by atoms with Crippen LogP contribution in [0.4, 0.5) is 0 Å². The Balaban J connectivity index is 2.14. The molecule has 116 valence electrons. The van der Waals surface area contributed by atoms with E-state index in [1.807, 2.05) is 0 Å². The third-order valence-corrected chi connectivity index (χ3v) is 3.12. The fraction of sp³-hybridized carbons (Fsp3) is 0.333. The number of hydrogen-bond donors (Lipinski definition) is 2. The number of H-pyrrole nitrogens is 1. The standard InChI is InChI=1S/C15H17N3O4/c1-3-16-14(20)9(2)22-13(19)8-12-10-6-4-5-7-11(10)15(21)18-17-12/h4-7,9H,3,8H2,1-2H3,(H,16,20)(H,18,21)/t9-/m1/s1. The molecule has 0 aliphatic heterocycles. The first-order valence-electron chi connectivity index (χ1n) is 6.96. The van der Waals surface area contributed by atoms with Crippen molar-refractivity contribution in [1.82, 2.24) is 15.5 Å². The number of aromatic amines is 1. The molecule has 0 aliphatic carbocycles.